The lowest BCUT2D eigenvalue weighted by Crippen LogP contribution is -2.27. The van der Waals surface area contributed by atoms with E-state index in [0.717, 1.165) is 0 Å². The topological polar surface area (TPSA) is 122 Å². The Balaban J connectivity index is 1.93. The van der Waals surface area contributed by atoms with Crippen LogP contribution in [0.5, 0.6) is 11.5 Å². The van der Waals surface area contributed by atoms with E-state index in [0.29, 0.717) is 11.5 Å². The van der Waals surface area contributed by atoms with E-state index >= 15 is 0 Å². The zero-order valence-corrected chi connectivity index (χ0v) is 17.5. The Hall–Kier alpha value is -3.40. The van der Waals surface area contributed by atoms with Gasteiger partial charge < -0.3 is 18.9 Å². The SMILES string of the molecule is COc1ccc(OC(C)OCc2cccc(NC(=O)OC(C)(C)C)n2)cc1[N+](=O)[O-]. The number of methoxy groups -OCH3 is 1. The van der Waals surface area contributed by atoms with Crippen molar-refractivity contribution in [3.63, 3.8) is 0 Å². The number of nitrogens with one attached hydrogen (secondary N) is 1. The van der Waals surface area contributed by atoms with E-state index in [1.165, 1.54) is 19.2 Å². The predicted molar refractivity (Wildman–Crippen MR) is 109 cm³/mol. The van der Waals surface area contributed by atoms with Crippen molar-refractivity contribution < 1.29 is 28.7 Å². The van der Waals surface area contributed by atoms with Gasteiger partial charge in [0.1, 0.15) is 17.2 Å². The molecule has 1 unspecified atom stereocenters. The van der Waals surface area contributed by atoms with Crippen LogP contribution in [-0.4, -0.2) is 35.0 Å². The summed E-state index contributed by atoms with van der Waals surface area (Å²) in [6, 6.07) is 9.34. The monoisotopic (exact) mass is 419 g/mol. The van der Waals surface area contributed by atoms with Crippen molar-refractivity contribution in [3.8, 4) is 11.5 Å². The first-order chi connectivity index (χ1) is 14.1. The first kappa shape index (κ1) is 22.9. The molecular formula is C20H25N3O7. The number of nitro groups is 1. The molecule has 1 atom stereocenters. The van der Waals surface area contributed by atoms with Crippen LogP contribution in [0.2, 0.25) is 0 Å². The lowest BCUT2D eigenvalue weighted by molar-refractivity contribution is -0.385. The number of aromatic nitrogens is 1. The lowest BCUT2D eigenvalue weighted by Gasteiger charge is -2.19. The zero-order valence-electron chi connectivity index (χ0n) is 17.5. The first-order valence-electron chi connectivity index (χ1n) is 9.14. The van der Waals surface area contributed by atoms with Gasteiger partial charge in [-0.2, -0.15) is 0 Å². The number of amides is 1. The van der Waals surface area contributed by atoms with Crippen LogP contribution in [0.15, 0.2) is 36.4 Å². The second-order valence-corrected chi connectivity index (χ2v) is 7.23. The number of rotatable bonds is 8. The fraction of sp³-hybridized carbons (Fsp3) is 0.400. The molecule has 1 heterocycles. The van der Waals surface area contributed by atoms with Crippen LogP contribution in [0, 0.1) is 10.1 Å². The van der Waals surface area contributed by atoms with Gasteiger partial charge in [0, 0.05) is 0 Å². The highest BCUT2D eigenvalue weighted by molar-refractivity contribution is 5.83. The van der Waals surface area contributed by atoms with Crippen LogP contribution < -0.4 is 14.8 Å². The van der Waals surface area contributed by atoms with E-state index in [1.807, 2.05) is 0 Å². The van der Waals surface area contributed by atoms with E-state index < -0.39 is 22.9 Å². The summed E-state index contributed by atoms with van der Waals surface area (Å²) in [4.78, 5) is 26.7. The maximum atomic E-state index is 11.8. The zero-order chi connectivity index (χ0) is 22.3. The maximum Gasteiger partial charge on any atom is 0.413 e. The number of anilines is 1. The average molecular weight is 419 g/mol. The van der Waals surface area contributed by atoms with E-state index in [9.17, 15) is 14.9 Å². The molecule has 30 heavy (non-hydrogen) atoms. The number of hydrogen-bond acceptors (Lipinski definition) is 8. The Morgan fingerprint density at radius 2 is 2.00 bits per heavy atom. The second-order valence-electron chi connectivity index (χ2n) is 7.23. The molecule has 0 fully saturated rings. The summed E-state index contributed by atoms with van der Waals surface area (Å²) in [5, 5.41) is 13.7. The van der Waals surface area contributed by atoms with Gasteiger partial charge in [0.15, 0.2) is 12.0 Å². The van der Waals surface area contributed by atoms with Crippen molar-refractivity contribution >= 4 is 17.6 Å². The fourth-order valence-corrected chi connectivity index (χ4v) is 2.35. The molecule has 10 heteroatoms. The third kappa shape index (κ3) is 7.21. The predicted octanol–water partition coefficient (Wildman–Crippen LogP) is 4.29. The minimum Gasteiger partial charge on any atom is -0.490 e. The van der Waals surface area contributed by atoms with Gasteiger partial charge in [0.2, 0.25) is 0 Å². The molecule has 0 aliphatic heterocycles. The molecule has 0 saturated heterocycles. The molecule has 2 rings (SSSR count). The quantitative estimate of drug-likeness (QED) is 0.382. The van der Waals surface area contributed by atoms with Gasteiger partial charge in [-0.1, -0.05) is 6.07 Å². The highest BCUT2D eigenvalue weighted by Crippen LogP contribution is 2.31. The first-order valence-corrected chi connectivity index (χ1v) is 9.14. The molecule has 162 valence electrons. The van der Waals surface area contributed by atoms with Gasteiger partial charge in [0.05, 0.1) is 30.4 Å². The number of nitrogens with zero attached hydrogens (tertiary/aromatic N) is 2. The van der Waals surface area contributed by atoms with Crippen LogP contribution in [0.25, 0.3) is 0 Å². The molecule has 2 aromatic rings. The third-order valence-electron chi connectivity index (χ3n) is 3.55. The van der Waals surface area contributed by atoms with Crippen molar-refractivity contribution in [1.29, 1.82) is 0 Å². The fourth-order valence-electron chi connectivity index (χ4n) is 2.35. The summed E-state index contributed by atoms with van der Waals surface area (Å²) in [6.45, 7) is 7.05. The molecule has 0 radical (unpaired) electrons. The molecule has 1 aromatic carbocycles. The van der Waals surface area contributed by atoms with E-state index in [1.54, 1.807) is 52.0 Å². The van der Waals surface area contributed by atoms with Crippen molar-refractivity contribution in [3.05, 3.63) is 52.2 Å². The molecule has 10 nitrogen and oxygen atoms in total. The summed E-state index contributed by atoms with van der Waals surface area (Å²) in [6.07, 6.45) is -1.31. The molecule has 1 N–H and O–H groups in total. The Morgan fingerprint density at radius 1 is 1.27 bits per heavy atom. The third-order valence-corrected chi connectivity index (χ3v) is 3.55. The van der Waals surface area contributed by atoms with Crippen LogP contribution in [0.4, 0.5) is 16.3 Å². The molecule has 0 spiro atoms. The van der Waals surface area contributed by atoms with Gasteiger partial charge in [-0.3, -0.25) is 15.4 Å². The Kier molecular flexibility index (Phi) is 7.54. The largest absolute Gasteiger partial charge is 0.490 e. The number of pyridine rings is 1. The molecule has 1 amide bonds. The van der Waals surface area contributed by atoms with E-state index in [4.69, 9.17) is 18.9 Å². The highest BCUT2D eigenvalue weighted by atomic mass is 16.7. The molecule has 0 aliphatic rings. The number of carbonyl (C=O) groups excluding carboxylic acids is 1. The lowest BCUT2D eigenvalue weighted by atomic mass is 10.2. The van der Waals surface area contributed by atoms with E-state index in [2.05, 4.69) is 10.3 Å². The number of carbonyl (C=O) groups is 1. The summed E-state index contributed by atoms with van der Waals surface area (Å²) in [5.74, 6) is 0.729. The number of benzene rings is 1. The molecule has 0 saturated carbocycles. The Morgan fingerprint density at radius 3 is 2.63 bits per heavy atom. The molecule has 0 aliphatic carbocycles. The van der Waals surface area contributed by atoms with Crippen molar-refractivity contribution in [2.75, 3.05) is 12.4 Å². The Bertz CT molecular complexity index is 896. The summed E-state index contributed by atoms with van der Waals surface area (Å²) < 4.78 is 21.3. The van der Waals surface area contributed by atoms with Crippen LogP contribution in [0.3, 0.4) is 0 Å². The van der Waals surface area contributed by atoms with Crippen molar-refractivity contribution in [2.24, 2.45) is 0 Å². The standard InChI is InChI=1S/C20H25N3O7/c1-13(29-15-9-10-17(27-5)16(11-15)23(25)26)28-12-14-7-6-8-18(21-14)22-19(24)30-20(2,3)4/h6-11,13H,12H2,1-5H3,(H,21,22,24). The van der Waals surface area contributed by atoms with Crippen LogP contribution in [0.1, 0.15) is 33.4 Å². The molecule has 1 aromatic heterocycles. The van der Waals surface area contributed by atoms with Crippen LogP contribution >= 0.6 is 0 Å². The minimum atomic E-state index is -0.706. The van der Waals surface area contributed by atoms with Gasteiger partial charge in [-0.25, -0.2) is 9.78 Å². The maximum absolute atomic E-state index is 11.8. The van der Waals surface area contributed by atoms with Gasteiger partial charge >= 0.3 is 11.8 Å². The van der Waals surface area contributed by atoms with Gasteiger partial charge in [-0.05, 0) is 52.0 Å². The summed E-state index contributed by atoms with van der Waals surface area (Å²) in [7, 11) is 1.35. The number of ether oxygens (including phenoxy) is 4. The second kappa shape index (κ2) is 9.88. The molecule has 0 bridgehead atoms. The smallest absolute Gasteiger partial charge is 0.413 e. The Labute approximate surface area is 174 Å². The van der Waals surface area contributed by atoms with E-state index in [-0.39, 0.29) is 23.8 Å². The van der Waals surface area contributed by atoms with Crippen LogP contribution in [-0.2, 0) is 16.1 Å². The number of hydrogen-bond donors (Lipinski definition) is 1. The number of nitro benzene ring substituents is 1. The van der Waals surface area contributed by atoms with Crippen molar-refractivity contribution in [2.45, 2.75) is 46.2 Å². The van der Waals surface area contributed by atoms with Crippen molar-refractivity contribution in [1.82, 2.24) is 4.98 Å². The summed E-state index contributed by atoms with van der Waals surface area (Å²) in [5.41, 5.74) is -0.266. The molecular weight excluding hydrogens is 394 g/mol. The van der Waals surface area contributed by atoms with Gasteiger partial charge in [0.25, 0.3) is 0 Å². The van der Waals surface area contributed by atoms with Gasteiger partial charge in [-0.15, -0.1) is 0 Å². The highest BCUT2D eigenvalue weighted by Gasteiger charge is 2.18. The summed E-state index contributed by atoms with van der Waals surface area (Å²) >= 11 is 0. The average Bonchev–Trinajstić information content (AvgIpc) is 2.65. The minimum absolute atomic E-state index is 0.100. The normalized spacial score (nSPS) is 12.0.